The van der Waals surface area contributed by atoms with Crippen LogP contribution in [0.1, 0.15) is 0 Å². The highest BCUT2D eigenvalue weighted by molar-refractivity contribution is 9.10. The van der Waals surface area contributed by atoms with Gasteiger partial charge in [-0.15, -0.1) is 0 Å². The van der Waals surface area contributed by atoms with E-state index in [2.05, 4.69) is 25.6 Å². The Morgan fingerprint density at radius 2 is 1.68 bits per heavy atom. The van der Waals surface area contributed by atoms with Gasteiger partial charge in [0.15, 0.2) is 0 Å². The van der Waals surface area contributed by atoms with E-state index in [1.165, 1.54) is 12.1 Å². The molecule has 0 spiro atoms. The summed E-state index contributed by atoms with van der Waals surface area (Å²) in [4.78, 5) is 3.09. The molecule has 0 aliphatic heterocycles. The van der Waals surface area contributed by atoms with Crippen LogP contribution < -0.4 is 4.72 Å². The van der Waals surface area contributed by atoms with Gasteiger partial charge in [0.25, 0.3) is 10.0 Å². The van der Waals surface area contributed by atoms with Crippen LogP contribution in [-0.2, 0) is 10.0 Å². The second kappa shape index (κ2) is 5.77. The van der Waals surface area contributed by atoms with Crippen LogP contribution >= 0.6 is 39.1 Å². The Labute approximate surface area is 145 Å². The first kappa shape index (κ1) is 15.7. The van der Waals surface area contributed by atoms with Crippen LogP contribution in [0.25, 0.3) is 10.9 Å². The number of anilines is 1. The van der Waals surface area contributed by atoms with Gasteiger partial charge >= 0.3 is 0 Å². The first-order chi connectivity index (χ1) is 10.4. The van der Waals surface area contributed by atoms with Gasteiger partial charge in [-0.05, 0) is 36.4 Å². The fourth-order valence-corrected chi connectivity index (χ4v) is 3.97. The van der Waals surface area contributed by atoms with Crippen LogP contribution in [0.3, 0.4) is 0 Å². The molecule has 2 N–H and O–H groups in total. The summed E-state index contributed by atoms with van der Waals surface area (Å²) in [6, 6.07) is 9.55. The van der Waals surface area contributed by atoms with Crippen LogP contribution in [0.15, 0.2) is 52.0 Å². The summed E-state index contributed by atoms with van der Waals surface area (Å²) in [5.41, 5.74) is 0.924. The van der Waals surface area contributed by atoms with E-state index in [0.717, 1.165) is 4.47 Å². The van der Waals surface area contributed by atoms with Crippen molar-refractivity contribution in [1.82, 2.24) is 4.98 Å². The van der Waals surface area contributed by atoms with Crippen molar-refractivity contribution in [1.29, 1.82) is 0 Å². The maximum Gasteiger partial charge on any atom is 0.261 e. The van der Waals surface area contributed by atoms with Gasteiger partial charge < -0.3 is 4.98 Å². The summed E-state index contributed by atoms with van der Waals surface area (Å²) >= 11 is 15.4. The van der Waals surface area contributed by atoms with Gasteiger partial charge in [0.2, 0.25) is 0 Å². The van der Waals surface area contributed by atoms with Gasteiger partial charge in [-0.25, -0.2) is 8.42 Å². The summed E-state index contributed by atoms with van der Waals surface area (Å²) in [5.74, 6) is 0. The van der Waals surface area contributed by atoms with Crippen molar-refractivity contribution in [3.63, 3.8) is 0 Å². The Balaban J connectivity index is 2.06. The number of hydrogen-bond donors (Lipinski definition) is 2. The van der Waals surface area contributed by atoms with E-state index in [-0.39, 0.29) is 4.90 Å². The number of benzene rings is 2. The summed E-state index contributed by atoms with van der Waals surface area (Å²) in [6.45, 7) is 0. The average Bonchev–Trinajstić information content (AvgIpc) is 2.86. The minimum atomic E-state index is -3.70. The Bertz CT molecular complexity index is 953. The largest absolute Gasteiger partial charge is 0.358 e. The van der Waals surface area contributed by atoms with Crippen LogP contribution in [0, 0.1) is 0 Å². The smallest absolute Gasteiger partial charge is 0.261 e. The highest BCUT2D eigenvalue weighted by atomic mass is 79.9. The lowest BCUT2D eigenvalue weighted by atomic mass is 10.2. The zero-order chi connectivity index (χ0) is 15.9. The zero-order valence-electron chi connectivity index (χ0n) is 10.9. The van der Waals surface area contributed by atoms with Crippen LogP contribution in [0.5, 0.6) is 0 Å². The molecule has 22 heavy (non-hydrogen) atoms. The number of aromatic amines is 1. The predicted octanol–water partition coefficient (Wildman–Crippen LogP) is 5.04. The van der Waals surface area contributed by atoms with Gasteiger partial charge in [0.05, 0.1) is 26.1 Å². The second-order valence-corrected chi connectivity index (χ2v) is 7.95. The van der Waals surface area contributed by atoms with E-state index in [9.17, 15) is 8.42 Å². The summed E-state index contributed by atoms with van der Waals surface area (Å²) < 4.78 is 28.2. The molecule has 0 unspecified atom stereocenters. The lowest BCUT2D eigenvalue weighted by Crippen LogP contribution is -2.13. The summed E-state index contributed by atoms with van der Waals surface area (Å²) in [7, 11) is -3.70. The quantitative estimate of drug-likeness (QED) is 0.624. The standard InChI is InChI=1S/C14H9BrCl2N2O2S/c15-8-1-3-9(4-2-8)22(20,21)19-12-6-5-10(16)13-11(17)7-18-14(12)13/h1-7,18-19H. The molecular formula is C14H9BrCl2N2O2S. The molecule has 0 atom stereocenters. The molecule has 2 aromatic carbocycles. The van der Waals surface area contributed by atoms with Crippen molar-refractivity contribution in [2.45, 2.75) is 4.90 Å². The number of aromatic nitrogens is 1. The monoisotopic (exact) mass is 418 g/mol. The van der Waals surface area contributed by atoms with E-state index in [0.29, 0.717) is 26.6 Å². The molecule has 0 saturated carbocycles. The molecule has 1 heterocycles. The van der Waals surface area contributed by atoms with Crippen molar-refractivity contribution in [3.8, 4) is 0 Å². The Morgan fingerprint density at radius 1 is 1.00 bits per heavy atom. The Kier molecular flexibility index (Phi) is 4.11. The molecule has 4 nitrogen and oxygen atoms in total. The third-order valence-electron chi connectivity index (χ3n) is 3.10. The maximum absolute atomic E-state index is 12.4. The van der Waals surface area contributed by atoms with Crippen LogP contribution in [0.4, 0.5) is 5.69 Å². The molecule has 0 fully saturated rings. The number of fused-ring (bicyclic) bond motifs is 1. The normalized spacial score (nSPS) is 11.8. The van der Waals surface area contributed by atoms with Crippen LogP contribution in [0.2, 0.25) is 10.0 Å². The van der Waals surface area contributed by atoms with E-state index >= 15 is 0 Å². The van der Waals surface area contributed by atoms with Gasteiger partial charge in [0.1, 0.15) is 0 Å². The van der Waals surface area contributed by atoms with E-state index in [1.807, 2.05) is 0 Å². The summed E-state index contributed by atoms with van der Waals surface area (Å²) in [5, 5.41) is 1.47. The fraction of sp³-hybridized carbons (Fsp3) is 0. The minimum Gasteiger partial charge on any atom is -0.358 e. The van der Waals surface area contributed by atoms with E-state index in [4.69, 9.17) is 23.2 Å². The topological polar surface area (TPSA) is 62.0 Å². The molecule has 114 valence electrons. The molecule has 0 saturated heterocycles. The highest BCUT2D eigenvalue weighted by Gasteiger charge is 2.17. The second-order valence-electron chi connectivity index (χ2n) is 4.54. The molecule has 3 aromatic rings. The van der Waals surface area contributed by atoms with Gasteiger partial charge in [-0.3, -0.25) is 4.72 Å². The van der Waals surface area contributed by atoms with E-state index in [1.54, 1.807) is 30.5 Å². The highest BCUT2D eigenvalue weighted by Crippen LogP contribution is 2.35. The maximum atomic E-state index is 12.4. The molecule has 0 bridgehead atoms. The number of nitrogens with one attached hydrogen (secondary N) is 2. The molecule has 0 aliphatic rings. The number of halogens is 3. The fourth-order valence-electron chi connectivity index (χ4n) is 2.07. The number of sulfonamides is 1. The first-order valence-electron chi connectivity index (χ1n) is 6.12. The molecule has 0 amide bonds. The predicted molar refractivity (Wildman–Crippen MR) is 93.3 cm³/mol. The van der Waals surface area contributed by atoms with Crippen molar-refractivity contribution in [2.24, 2.45) is 0 Å². The third-order valence-corrected chi connectivity index (χ3v) is 5.63. The lowest BCUT2D eigenvalue weighted by molar-refractivity contribution is 0.601. The van der Waals surface area contributed by atoms with Crippen molar-refractivity contribution < 1.29 is 8.42 Å². The molecule has 8 heteroatoms. The van der Waals surface area contributed by atoms with Crippen molar-refractivity contribution >= 4 is 65.7 Å². The van der Waals surface area contributed by atoms with Crippen LogP contribution in [-0.4, -0.2) is 13.4 Å². The zero-order valence-corrected chi connectivity index (χ0v) is 14.8. The first-order valence-corrected chi connectivity index (χ1v) is 9.15. The molecule has 0 aliphatic carbocycles. The average molecular weight is 420 g/mol. The number of rotatable bonds is 3. The lowest BCUT2D eigenvalue weighted by Gasteiger charge is -2.10. The van der Waals surface area contributed by atoms with Gasteiger partial charge in [-0.1, -0.05) is 39.1 Å². The molecule has 0 radical (unpaired) electrons. The Hall–Kier alpha value is -1.21. The molecule has 1 aromatic heterocycles. The molecular weight excluding hydrogens is 411 g/mol. The van der Waals surface area contributed by atoms with E-state index < -0.39 is 10.0 Å². The third kappa shape index (κ3) is 2.84. The molecule has 3 rings (SSSR count). The van der Waals surface area contributed by atoms with Crippen molar-refractivity contribution in [3.05, 3.63) is 57.1 Å². The number of H-pyrrole nitrogens is 1. The Morgan fingerprint density at radius 3 is 2.36 bits per heavy atom. The van der Waals surface area contributed by atoms with Gasteiger partial charge in [0, 0.05) is 16.1 Å². The minimum absolute atomic E-state index is 0.163. The SMILES string of the molecule is O=S(=O)(Nc1ccc(Cl)c2c(Cl)c[nH]c12)c1ccc(Br)cc1. The van der Waals surface area contributed by atoms with Crippen molar-refractivity contribution in [2.75, 3.05) is 4.72 Å². The summed E-state index contributed by atoms with van der Waals surface area (Å²) in [6.07, 6.45) is 1.57. The number of hydrogen-bond acceptors (Lipinski definition) is 2. The van der Waals surface area contributed by atoms with Gasteiger partial charge in [-0.2, -0.15) is 0 Å².